The van der Waals surface area contributed by atoms with Crippen LogP contribution in [0.2, 0.25) is 0 Å². The fraction of sp³-hybridized carbons (Fsp3) is 0.438. The normalized spacial score (nSPS) is 10.8. The largest absolute Gasteiger partial charge is 0.490 e. The highest BCUT2D eigenvalue weighted by atomic mass is 16.5. The SMILES string of the molecule is CCOc1ccc(-n2nnc(C=O)c2C(C)C)cc1OCC. The lowest BCUT2D eigenvalue weighted by Crippen LogP contribution is -2.06. The molecule has 0 unspecified atom stereocenters. The van der Waals surface area contributed by atoms with E-state index in [0.717, 1.165) is 17.7 Å². The molecule has 6 nitrogen and oxygen atoms in total. The van der Waals surface area contributed by atoms with Crippen LogP contribution in [0.3, 0.4) is 0 Å². The Hall–Kier alpha value is -2.37. The molecule has 0 bridgehead atoms. The predicted molar refractivity (Wildman–Crippen MR) is 83.2 cm³/mol. The number of aromatic nitrogens is 3. The molecule has 0 amide bonds. The summed E-state index contributed by atoms with van der Waals surface area (Å²) in [6, 6.07) is 5.57. The van der Waals surface area contributed by atoms with E-state index in [1.807, 2.05) is 45.9 Å². The Morgan fingerprint density at radius 1 is 1.18 bits per heavy atom. The number of nitrogens with zero attached hydrogens (tertiary/aromatic N) is 3. The van der Waals surface area contributed by atoms with Crippen molar-refractivity contribution in [3.8, 4) is 17.2 Å². The Balaban J connectivity index is 2.51. The number of ether oxygens (including phenoxy) is 2. The van der Waals surface area contributed by atoms with E-state index < -0.39 is 0 Å². The molecule has 0 saturated heterocycles. The lowest BCUT2D eigenvalue weighted by molar-refractivity contribution is 0.111. The van der Waals surface area contributed by atoms with Crippen molar-refractivity contribution in [2.75, 3.05) is 13.2 Å². The lowest BCUT2D eigenvalue weighted by Gasteiger charge is -2.14. The second-order valence-corrected chi connectivity index (χ2v) is 5.04. The van der Waals surface area contributed by atoms with Gasteiger partial charge in [-0.2, -0.15) is 0 Å². The summed E-state index contributed by atoms with van der Waals surface area (Å²) in [6.07, 6.45) is 0.733. The lowest BCUT2D eigenvalue weighted by atomic mass is 10.1. The average Bonchev–Trinajstić information content (AvgIpc) is 2.93. The maximum Gasteiger partial charge on any atom is 0.172 e. The fourth-order valence-corrected chi connectivity index (χ4v) is 2.29. The Morgan fingerprint density at radius 2 is 1.86 bits per heavy atom. The number of aldehydes is 1. The van der Waals surface area contributed by atoms with Crippen LogP contribution in [-0.4, -0.2) is 34.5 Å². The summed E-state index contributed by atoms with van der Waals surface area (Å²) in [5.74, 6) is 1.46. The summed E-state index contributed by atoms with van der Waals surface area (Å²) in [7, 11) is 0. The van der Waals surface area contributed by atoms with Crippen molar-refractivity contribution in [3.63, 3.8) is 0 Å². The van der Waals surface area contributed by atoms with Gasteiger partial charge in [0.1, 0.15) is 5.69 Å². The van der Waals surface area contributed by atoms with Crippen LogP contribution in [0.5, 0.6) is 11.5 Å². The van der Waals surface area contributed by atoms with Gasteiger partial charge in [0.15, 0.2) is 17.8 Å². The molecule has 0 atom stereocenters. The predicted octanol–water partition coefficient (Wildman–Crippen LogP) is 3.00. The molecule has 118 valence electrons. The van der Waals surface area contributed by atoms with Crippen LogP contribution >= 0.6 is 0 Å². The monoisotopic (exact) mass is 303 g/mol. The van der Waals surface area contributed by atoms with E-state index >= 15 is 0 Å². The van der Waals surface area contributed by atoms with Crippen LogP contribution < -0.4 is 9.47 Å². The summed E-state index contributed by atoms with van der Waals surface area (Å²) >= 11 is 0. The van der Waals surface area contributed by atoms with Crippen molar-refractivity contribution in [3.05, 3.63) is 29.6 Å². The van der Waals surface area contributed by atoms with Crippen LogP contribution in [0, 0.1) is 0 Å². The topological polar surface area (TPSA) is 66.2 Å². The number of benzene rings is 1. The third kappa shape index (κ3) is 3.10. The first-order valence-corrected chi connectivity index (χ1v) is 7.43. The van der Waals surface area contributed by atoms with Crippen LogP contribution in [0.1, 0.15) is 49.8 Å². The fourth-order valence-electron chi connectivity index (χ4n) is 2.29. The molecule has 0 aliphatic heterocycles. The summed E-state index contributed by atoms with van der Waals surface area (Å²) in [6.45, 7) is 8.95. The van der Waals surface area contributed by atoms with Crippen molar-refractivity contribution in [2.24, 2.45) is 0 Å². The van der Waals surface area contributed by atoms with Gasteiger partial charge in [-0.1, -0.05) is 19.1 Å². The smallest absolute Gasteiger partial charge is 0.172 e. The standard InChI is InChI=1S/C16H21N3O3/c1-5-21-14-8-7-12(9-15(14)22-6-2)19-16(11(3)4)13(10-20)17-18-19/h7-11H,5-6H2,1-4H3. The second kappa shape index (κ2) is 7.06. The molecule has 2 aromatic rings. The van der Waals surface area contributed by atoms with Crippen LogP contribution in [-0.2, 0) is 0 Å². The van der Waals surface area contributed by atoms with Crippen molar-refractivity contribution in [1.29, 1.82) is 0 Å². The highest BCUT2D eigenvalue weighted by Gasteiger charge is 2.18. The zero-order chi connectivity index (χ0) is 16.1. The molecule has 0 spiro atoms. The quantitative estimate of drug-likeness (QED) is 0.736. The molecule has 2 rings (SSSR count). The minimum Gasteiger partial charge on any atom is -0.490 e. The molecule has 1 heterocycles. The minimum absolute atomic E-state index is 0.123. The van der Waals surface area contributed by atoms with Gasteiger partial charge in [-0.05, 0) is 31.9 Å². The van der Waals surface area contributed by atoms with Crippen molar-refractivity contribution in [2.45, 2.75) is 33.6 Å². The minimum atomic E-state index is 0.123. The van der Waals surface area contributed by atoms with E-state index in [-0.39, 0.29) is 5.92 Å². The van der Waals surface area contributed by atoms with Crippen LogP contribution in [0.15, 0.2) is 18.2 Å². The molecule has 0 radical (unpaired) electrons. The van der Waals surface area contributed by atoms with Gasteiger partial charge in [0.05, 0.1) is 24.6 Å². The summed E-state index contributed by atoms with van der Waals surface area (Å²) in [4.78, 5) is 11.1. The summed E-state index contributed by atoms with van der Waals surface area (Å²) in [5, 5.41) is 8.03. The van der Waals surface area contributed by atoms with E-state index in [0.29, 0.717) is 30.4 Å². The molecule has 0 aliphatic rings. The first-order valence-electron chi connectivity index (χ1n) is 7.43. The van der Waals surface area contributed by atoms with Crippen molar-refractivity contribution >= 4 is 6.29 Å². The Bertz CT molecular complexity index is 650. The van der Waals surface area contributed by atoms with Gasteiger partial charge in [0, 0.05) is 6.07 Å². The van der Waals surface area contributed by atoms with Gasteiger partial charge in [-0.3, -0.25) is 4.79 Å². The Kier molecular flexibility index (Phi) is 5.14. The number of hydrogen-bond donors (Lipinski definition) is 0. The molecule has 1 aromatic heterocycles. The van der Waals surface area contributed by atoms with E-state index in [9.17, 15) is 4.79 Å². The zero-order valence-electron chi connectivity index (χ0n) is 13.4. The third-order valence-corrected chi connectivity index (χ3v) is 3.16. The first-order chi connectivity index (χ1) is 10.6. The van der Waals surface area contributed by atoms with Crippen LogP contribution in [0.4, 0.5) is 0 Å². The van der Waals surface area contributed by atoms with Crippen LogP contribution in [0.25, 0.3) is 5.69 Å². The maximum atomic E-state index is 11.1. The number of carbonyl (C=O) groups is 1. The number of carbonyl (C=O) groups excluding carboxylic acids is 1. The Labute approximate surface area is 130 Å². The molecule has 0 fully saturated rings. The maximum absolute atomic E-state index is 11.1. The highest BCUT2D eigenvalue weighted by molar-refractivity contribution is 5.74. The van der Waals surface area contributed by atoms with Gasteiger partial charge in [0.2, 0.25) is 0 Å². The van der Waals surface area contributed by atoms with Crippen molar-refractivity contribution < 1.29 is 14.3 Å². The molecular formula is C16H21N3O3. The van der Waals surface area contributed by atoms with Gasteiger partial charge in [-0.25, -0.2) is 4.68 Å². The van der Waals surface area contributed by atoms with E-state index in [1.54, 1.807) is 4.68 Å². The Morgan fingerprint density at radius 3 is 2.45 bits per heavy atom. The molecule has 1 aromatic carbocycles. The second-order valence-electron chi connectivity index (χ2n) is 5.04. The van der Waals surface area contributed by atoms with Gasteiger partial charge >= 0.3 is 0 Å². The molecule has 22 heavy (non-hydrogen) atoms. The molecule has 6 heteroatoms. The summed E-state index contributed by atoms with van der Waals surface area (Å²) < 4.78 is 12.9. The molecule has 0 saturated carbocycles. The van der Waals surface area contributed by atoms with Gasteiger partial charge in [0.25, 0.3) is 0 Å². The van der Waals surface area contributed by atoms with Gasteiger partial charge in [-0.15, -0.1) is 5.10 Å². The first kappa shape index (κ1) is 16.0. The molecule has 0 aliphatic carbocycles. The average molecular weight is 303 g/mol. The highest BCUT2D eigenvalue weighted by Crippen LogP contribution is 2.31. The number of rotatable bonds is 7. The van der Waals surface area contributed by atoms with E-state index in [1.165, 1.54) is 0 Å². The third-order valence-electron chi connectivity index (χ3n) is 3.16. The van der Waals surface area contributed by atoms with E-state index in [4.69, 9.17) is 9.47 Å². The van der Waals surface area contributed by atoms with Crippen molar-refractivity contribution in [1.82, 2.24) is 15.0 Å². The number of hydrogen-bond acceptors (Lipinski definition) is 5. The molecule has 0 N–H and O–H groups in total. The van der Waals surface area contributed by atoms with Gasteiger partial charge < -0.3 is 9.47 Å². The van der Waals surface area contributed by atoms with E-state index in [2.05, 4.69) is 10.3 Å². The molecular weight excluding hydrogens is 282 g/mol. The zero-order valence-corrected chi connectivity index (χ0v) is 13.4. The summed E-state index contributed by atoms with van der Waals surface area (Å²) in [5.41, 5.74) is 1.93.